The summed E-state index contributed by atoms with van der Waals surface area (Å²) in [6, 6.07) is 0. The first-order valence-electron chi connectivity index (χ1n) is 5.43. The van der Waals surface area contributed by atoms with Crippen LogP contribution < -0.4 is 0 Å². The number of hydrogen-bond donors (Lipinski definition) is 1. The van der Waals surface area contributed by atoms with Gasteiger partial charge in [-0.3, -0.25) is 0 Å². The first-order valence-corrected chi connectivity index (χ1v) is 5.43. The van der Waals surface area contributed by atoms with Crippen LogP contribution in [0.3, 0.4) is 0 Å². The van der Waals surface area contributed by atoms with Gasteiger partial charge in [-0.1, -0.05) is 25.9 Å². The third-order valence-electron chi connectivity index (χ3n) is 3.40. The zero-order chi connectivity index (χ0) is 11.2. The molecule has 0 amide bonds. The average molecular weight is 210 g/mol. The number of hydrogen-bond acceptors (Lipinski definition) is 4. The van der Waals surface area contributed by atoms with Crippen LogP contribution in [0.25, 0.3) is 0 Å². The molecule has 0 saturated heterocycles. The molecule has 1 N–H and O–H groups in total. The molecule has 1 aromatic heterocycles. The van der Waals surface area contributed by atoms with E-state index in [1.807, 2.05) is 6.92 Å². The summed E-state index contributed by atoms with van der Waals surface area (Å²) in [7, 11) is 0. The molecule has 1 aliphatic carbocycles. The van der Waals surface area contributed by atoms with Crippen LogP contribution in [0.4, 0.5) is 0 Å². The summed E-state index contributed by atoms with van der Waals surface area (Å²) >= 11 is 0. The maximum Gasteiger partial charge on any atom is 0.232 e. The number of nitrogens with zero attached hydrogens (tertiary/aromatic N) is 2. The zero-order valence-corrected chi connectivity index (χ0v) is 9.69. The Morgan fingerprint density at radius 2 is 2.07 bits per heavy atom. The molecule has 3 atom stereocenters. The van der Waals surface area contributed by atoms with Gasteiger partial charge in [-0.2, -0.15) is 4.98 Å². The molecule has 1 heterocycles. The third-order valence-corrected chi connectivity index (χ3v) is 3.40. The molecule has 0 bridgehead atoms. The lowest BCUT2D eigenvalue weighted by atomic mass is 10.1. The van der Waals surface area contributed by atoms with Gasteiger partial charge in [0.25, 0.3) is 0 Å². The second-order valence-electron chi connectivity index (χ2n) is 5.27. The molecule has 0 radical (unpaired) electrons. The fourth-order valence-corrected chi connectivity index (χ4v) is 1.69. The molecule has 2 rings (SSSR count). The lowest BCUT2D eigenvalue weighted by molar-refractivity contribution is 0.151. The minimum absolute atomic E-state index is 0.0897. The van der Waals surface area contributed by atoms with E-state index in [9.17, 15) is 5.11 Å². The van der Waals surface area contributed by atoms with Gasteiger partial charge in [0, 0.05) is 5.92 Å². The van der Waals surface area contributed by atoms with E-state index >= 15 is 0 Å². The Morgan fingerprint density at radius 1 is 1.47 bits per heavy atom. The molecule has 4 nitrogen and oxygen atoms in total. The summed E-state index contributed by atoms with van der Waals surface area (Å²) in [6.07, 6.45) is 0.667. The van der Waals surface area contributed by atoms with E-state index in [1.54, 1.807) is 6.92 Å². The van der Waals surface area contributed by atoms with Crippen molar-refractivity contribution in [1.29, 1.82) is 0 Å². The first kappa shape index (κ1) is 10.6. The third kappa shape index (κ3) is 1.91. The van der Waals surface area contributed by atoms with E-state index in [4.69, 9.17) is 4.52 Å². The monoisotopic (exact) mass is 210 g/mol. The van der Waals surface area contributed by atoms with Gasteiger partial charge >= 0.3 is 0 Å². The molecule has 1 saturated carbocycles. The van der Waals surface area contributed by atoms with Gasteiger partial charge < -0.3 is 9.63 Å². The predicted octanol–water partition coefficient (Wildman–Crippen LogP) is 2.07. The van der Waals surface area contributed by atoms with Gasteiger partial charge in [0.1, 0.15) is 0 Å². The fourth-order valence-electron chi connectivity index (χ4n) is 1.69. The van der Waals surface area contributed by atoms with Crippen LogP contribution in [-0.2, 0) is 0 Å². The normalized spacial score (nSPS) is 27.4. The van der Waals surface area contributed by atoms with E-state index < -0.39 is 6.10 Å². The van der Waals surface area contributed by atoms with Gasteiger partial charge in [0.05, 0.1) is 12.0 Å². The van der Waals surface area contributed by atoms with Crippen LogP contribution in [0, 0.1) is 5.41 Å². The number of aliphatic hydroxyl groups excluding tert-OH is 1. The Bertz CT molecular complexity index is 341. The molecule has 3 unspecified atom stereocenters. The topological polar surface area (TPSA) is 59.2 Å². The lowest BCUT2D eigenvalue weighted by Gasteiger charge is -2.08. The van der Waals surface area contributed by atoms with Gasteiger partial charge in [-0.15, -0.1) is 0 Å². The molecule has 1 fully saturated rings. The second-order valence-corrected chi connectivity index (χ2v) is 5.27. The van der Waals surface area contributed by atoms with Crippen molar-refractivity contribution in [3.8, 4) is 0 Å². The molecule has 15 heavy (non-hydrogen) atoms. The highest BCUT2D eigenvalue weighted by Crippen LogP contribution is 2.57. The Hall–Kier alpha value is -0.900. The van der Waals surface area contributed by atoms with Crippen molar-refractivity contribution < 1.29 is 9.63 Å². The van der Waals surface area contributed by atoms with Crippen molar-refractivity contribution in [2.24, 2.45) is 5.41 Å². The van der Waals surface area contributed by atoms with Crippen LogP contribution in [0.2, 0.25) is 0 Å². The van der Waals surface area contributed by atoms with Gasteiger partial charge in [-0.05, 0) is 18.8 Å². The summed E-state index contributed by atoms with van der Waals surface area (Å²) in [5.74, 6) is 1.68. The smallest absolute Gasteiger partial charge is 0.232 e. The molecule has 84 valence electrons. The van der Waals surface area contributed by atoms with Crippen LogP contribution in [0.15, 0.2) is 4.52 Å². The van der Waals surface area contributed by atoms with Crippen LogP contribution in [0.5, 0.6) is 0 Å². The largest absolute Gasteiger partial charge is 0.393 e. The van der Waals surface area contributed by atoms with E-state index in [0.29, 0.717) is 17.2 Å². The SMILES string of the molecule is CC(O)C(C)c1nc(C2CC2(C)C)no1. The van der Waals surface area contributed by atoms with Crippen molar-refractivity contribution in [2.45, 2.75) is 52.1 Å². The molecule has 0 aromatic carbocycles. The molecule has 1 aliphatic rings. The maximum atomic E-state index is 9.41. The Labute approximate surface area is 89.7 Å². The molecular weight excluding hydrogens is 192 g/mol. The Balaban J connectivity index is 2.12. The van der Waals surface area contributed by atoms with Gasteiger partial charge in [-0.25, -0.2) is 0 Å². The maximum absolute atomic E-state index is 9.41. The number of aliphatic hydroxyl groups is 1. The fraction of sp³-hybridized carbons (Fsp3) is 0.818. The van der Waals surface area contributed by atoms with E-state index in [0.717, 1.165) is 12.2 Å². The summed E-state index contributed by atoms with van der Waals surface area (Å²) in [6.45, 7) is 8.02. The van der Waals surface area contributed by atoms with Crippen LogP contribution >= 0.6 is 0 Å². The lowest BCUT2D eigenvalue weighted by Crippen LogP contribution is -2.11. The summed E-state index contributed by atoms with van der Waals surface area (Å²) in [5.41, 5.74) is 0.315. The quantitative estimate of drug-likeness (QED) is 0.829. The molecule has 0 aliphatic heterocycles. The van der Waals surface area contributed by atoms with E-state index in [-0.39, 0.29) is 5.92 Å². The molecule has 4 heteroatoms. The van der Waals surface area contributed by atoms with E-state index in [1.165, 1.54) is 0 Å². The molecule has 0 spiro atoms. The average Bonchev–Trinajstić information content (AvgIpc) is 2.64. The Kier molecular flexibility index (Phi) is 2.34. The number of aromatic nitrogens is 2. The van der Waals surface area contributed by atoms with Crippen molar-refractivity contribution in [3.05, 3.63) is 11.7 Å². The summed E-state index contributed by atoms with van der Waals surface area (Å²) in [5, 5.41) is 13.4. The standard InChI is InChI=1S/C11H18N2O2/c1-6(7(2)14)10-12-9(13-15-10)8-5-11(8,3)4/h6-8,14H,5H2,1-4H3. The highest BCUT2D eigenvalue weighted by Gasteiger charge is 2.49. The van der Waals surface area contributed by atoms with Crippen LogP contribution in [-0.4, -0.2) is 21.4 Å². The minimum atomic E-state index is -0.453. The highest BCUT2D eigenvalue weighted by molar-refractivity contribution is 5.14. The zero-order valence-electron chi connectivity index (χ0n) is 9.69. The summed E-state index contributed by atoms with van der Waals surface area (Å²) < 4.78 is 5.16. The molecular formula is C11H18N2O2. The number of rotatable bonds is 3. The minimum Gasteiger partial charge on any atom is -0.393 e. The summed E-state index contributed by atoms with van der Waals surface area (Å²) in [4.78, 5) is 4.35. The van der Waals surface area contributed by atoms with Crippen LogP contribution in [0.1, 0.15) is 57.7 Å². The van der Waals surface area contributed by atoms with E-state index in [2.05, 4.69) is 24.0 Å². The molecule has 1 aromatic rings. The first-order chi connectivity index (χ1) is 6.92. The van der Waals surface area contributed by atoms with Crippen molar-refractivity contribution in [2.75, 3.05) is 0 Å². The second kappa shape index (κ2) is 3.30. The van der Waals surface area contributed by atoms with Crippen molar-refractivity contribution in [1.82, 2.24) is 10.1 Å². The Morgan fingerprint density at radius 3 is 2.53 bits per heavy atom. The highest BCUT2D eigenvalue weighted by atomic mass is 16.5. The van der Waals surface area contributed by atoms with Crippen molar-refractivity contribution in [3.63, 3.8) is 0 Å². The van der Waals surface area contributed by atoms with Gasteiger partial charge in [0.15, 0.2) is 5.82 Å². The van der Waals surface area contributed by atoms with Gasteiger partial charge in [0.2, 0.25) is 5.89 Å². The van der Waals surface area contributed by atoms with Crippen molar-refractivity contribution >= 4 is 0 Å². The predicted molar refractivity (Wildman–Crippen MR) is 55.5 cm³/mol.